The highest BCUT2D eigenvalue weighted by Crippen LogP contribution is 2.23. The van der Waals surface area contributed by atoms with E-state index in [9.17, 15) is 14.8 Å². The van der Waals surface area contributed by atoms with E-state index in [4.69, 9.17) is 10.5 Å². The Morgan fingerprint density at radius 2 is 2.04 bits per heavy atom. The molecule has 0 aliphatic rings. The first-order valence-corrected chi connectivity index (χ1v) is 7.77. The molecule has 0 fully saturated rings. The summed E-state index contributed by atoms with van der Waals surface area (Å²) in [6.45, 7) is 2.17. The van der Waals surface area contributed by atoms with Crippen LogP contribution in [0.4, 0.5) is 10.5 Å². The number of nitrogens with zero attached hydrogens (tertiary/aromatic N) is 3. The molecule has 9 nitrogen and oxygen atoms in total. The zero-order valence-electron chi connectivity index (χ0n) is 14.0. The van der Waals surface area contributed by atoms with E-state index in [2.05, 4.69) is 15.3 Å². The van der Waals surface area contributed by atoms with Crippen LogP contribution in [0.1, 0.15) is 16.8 Å². The first kappa shape index (κ1) is 17.2. The lowest BCUT2D eigenvalue weighted by molar-refractivity contribution is 0.150. The molecular formula is C17H17N5O4. The van der Waals surface area contributed by atoms with E-state index in [-0.39, 0.29) is 12.3 Å². The molecule has 2 aromatic heterocycles. The largest absolute Gasteiger partial charge is 0.445 e. The standard InChI is InChI=1S/C17H17N5O4/c1-10-15-13(6-14(23)22(25)16(15)21-9-20-10)19-7-11-4-2-3-5-12(11)8-26-17(18)24/h2-6,9,19,25H,7-8H2,1H3,(H2,18,24). The molecule has 1 aromatic carbocycles. The summed E-state index contributed by atoms with van der Waals surface area (Å²) in [5, 5.41) is 13.6. The number of aromatic nitrogens is 3. The minimum absolute atomic E-state index is 0.0499. The third-order valence-electron chi connectivity index (χ3n) is 3.92. The van der Waals surface area contributed by atoms with Crippen LogP contribution in [0.3, 0.4) is 0 Å². The summed E-state index contributed by atoms with van der Waals surface area (Å²) < 4.78 is 5.34. The summed E-state index contributed by atoms with van der Waals surface area (Å²) in [4.78, 5) is 30.9. The number of carbonyl (C=O) groups is 1. The van der Waals surface area contributed by atoms with Gasteiger partial charge in [0.25, 0.3) is 5.56 Å². The Bertz CT molecular complexity index is 1030. The number of anilines is 1. The number of pyridine rings is 1. The second-order valence-electron chi connectivity index (χ2n) is 5.60. The summed E-state index contributed by atoms with van der Waals surface area (Å²) in [5.74, 6) is 0. The predicted octanol–water partition coefficient (Wildman–Crippen LogP) is 1.54. The molecule has 3 rings (SSSR count). The quantitative estimate of drug-likeness (QED) is 0.591. The molecule has 0 aliphatic heterocycles. The van der Waals surface area contributed by atoms with Gasteiger partial charge in [0.2, 0.25) is 0 Å². The highest BCUT2D eigenvalue weighted by molar-refractivity contribution is 5.90. The zero-order valence-corrected chi connectivity index (χ0v) is 14.0. The maximum absolute atomic E-state index is 12.0. The Morgan fingerprint density at radius 1 is 1.31 bits per heavy atom. The Kier molecular flexibility index (Phi) is 4.70. The number of hydrogen-bond donors (Lipinski definition) is 3. The lowest BCUT2D eigenvalue weighted by atomic mass is 10.1. The van der Waals surface area contributed by atoms with Crippen molar-refractivity contribution in [2.45, 2.75) is 20.1 Å². The number of nitrogens with two attached hydrogens (primary N) is 1. The van der Waals surface area contributed by atoms with Gasteiger partial charge < -0.3 is 21.0 Å². The number of aryl methyl sites for hydroxylation is 1. The minimum Gasteiger partial charge on any atom is -0.445 e. The summed E-state index contributed by atoms with van der Waals surface area (Å²) in [6.07, 6.45) is 0.433. The molecule has 0 bridgehead atoms. The molecule has 134 valence electrons. The van der Waals surface area contributed by atoms with Crippen LogP contribution in [0, 0.1) is 6.92 Å². The molecule has 0 aliphatic carbocycles. The van der Waals surface area contributed by atoms with E-state index in [0.717, 1.165) is 11.1 Å². The highest BCUT2D eigenvalue weighted by Gasteiger charge is 2.13. The van der Waals surface area contributed by atoms with Crippen LogP contribution in [0.5, 0.6) is 0 Å². The fourth-order valence-corrected chi connectivity index (χ4v) is 2.65. The van der Waals surface area contributed by atoms with Crippen molar-refractivity contribution in [3.05, 3.63) is 63.8 Å². The van der Waals surface area contributed by atoms with E-state index < -0.39 is 11.7 Å². The maximum Gasteiger partial charge on any atom is 0.404 e. The lowest BCUT2D eigenvalue weighted by Gasteiger charge is -2.14. The van der Waals surface area contributed by atoms with Crippen molar-refractivity contribution in [2.75, 3.05) is 5.32 Å². The fraction of sp³-hybridized carbons (Fsp3) is 0.176. The average Bonchev–Trinajstić information content (AvgIpc) is 2.62. The monoisotopic (exact) mass is 355 g/mol. The first-order valence-electron chi connectivity index (χ1n) is 7.77. The number of benzene rings is 1. The van der Waals surface area contributed by atoms with Crippen LogP contribution < -0.4 is 16.6 Å². The van der Waals surface area contributed by atoms with Crippen LogP contribution in [0.15, 0.2) is 41.5 Å². The normalized spacial score (nSPS) is 10.7. The van der Waals surface area contributed by atoms with Gasteiger partial charge in [-0.25, -0.2) is 14.8 Å². The van der Waals surface area contributed by atoms with Gasteiger partial charge >= 0.3 is 6.09 Å². The van der Waals surface area contributed by atoms with E-state index in [1.807, 2.05) is 24.3 Å². The van der Waals surface area contributed by atoms with E-state index in [0.29, 0.717) is 28.0 Å². The molecule has 26 heavy (non-hydrogen) atoms. The van der Waals surface area contributed by atoms with Gasteiger partial charge in [-0.1, -0.05) is 24.3 Å². The van der Waals surface area contributed by atoms with Gasteiger partial charge in [0, 0.05) is 12.6 Å². The predicted molar refractivity (Wildman–Crippen MR) is 93.9 cm³/mol. The number of rotatable bonds is 5. The zero-order chi connectivity index (χ0) is 18.7. The number of fused-ring (bicyclic) bond motifs is 1. The van der Waals surface area contributed by atoms with Crippen LogP contribution in [0.25, 0.3) is 11.0 Å². The Balaban J connectivity index is 1.93. The Hall–Kier alpha value is -3.62. The van der Waals surface area contributed by atoms with Gasteiger partial charge in [0.1, 0.15) is 12.9 Å². The molecule has 1 amide bonds. The van der Waals surface area contributed by atoms with Gasteiger partial charge in [-0.15, -0.1) is 4.73 Å². The molecular weight excluding hydrogens is 338 g/mol. The molecule has 2 heterocycles. The molecule has 0 saturated heterocycles. The molecule has 9 heteroatoms. The highest BCUT2D eigenvalue weighted by atomic mass is 16.5. The number of ether oxygens (including phenoxy) is 1. The Labute approximate surface area is 148 Å². The second-order valence-corrected chi connectivity index (χ2v) is 5.60. The number of amides is 1. The molecule has 0 saturated carbocycles. The van der Waals surface area contributed by atoms with Gasteiger partial charge in [-0.05, 0) is 18.1 Å². The molecule has 0 unspecified atom stereocenters. The third-order valence-corrected chi connectivity index (χ3v) is 3.92. The molecule has 3 aromatic rings. The van der Waals surface area contributed by atoms with Gasteiger partial charge in [0.05, 0.1) is 16.8 Å². The number of primary amides is 1. The SMILES string of the molecule is Cc1ncnc2c1c(NCc1ccccc1COC(N)=O)cc(=O)n2O. The fourth-order valence-electron chi connectivity index (χ4n) is 2.65. The van der Waals surface area contributed by atoms with Crippen molar-refractivity contribution >= 4 is 22.8 Å². The van der Waals surface area contributed by atoms with Crippen LogP contribution >= 0.6 is 0 Å². The third kappa shape index (κ3) is 3.41. The molecule has 0 spiro atoms. The summed E-state index contributed by atoms with van der Waals surface area (Å²) in [6, 6.07) is 8.64. The van der Waals surface area contributed by atoms with Crippen molar-refractivity contribution in [1.29, 1.82) is 0 Å². The van der Waals surface area contributed by atoms with Gasteiger partial charge in [-0.3, -0.25) is 4.79 Å². The van der Waals surface area contributed by atoms with Gasteiger partial charge in [-0.2, -0.15) is 0 Å². The number of nitrogens with one attached hydrogen (secondary N) is 1. The Morgan fingerprint density at radius 3 is 2.77 bits per heavy atom. The van der Waals surface area contributed by atoms with Crippen molar-refractivity contribution in [3.8, 4) is 0 Å². The van der Waals surface area contributed by atoms with Crippen molar-refractivity contribution in [2.24, 2.45) is 5.73 Å². The maximum atomic E-state index is 12.0. The number of carbonyl (C=O) groups excluding carboxylic acids is 1. The van der Waals surface area contributed by atoms with Crippen LogP contribution in [0.2, 0.25) is 0 Å². The second kappa shape index (κ2) is 7.09. The molecule has 4 N–H and O–H groups in total. The van der Waals surface area contributed by atoms with E-state index in [1.54, 1.807) is 6.92 Å². The van der Waals surface area contributed by atoms with Crippen molar-refractivity contribution < 1.29 is 14.7 Å². The van der Waals surface area contributed by atoms with Crippen molar-refractivity contribution in [1.82, 2.24) is 14.7 Å². The van der Waals surface area contributed by atoms with Crippen LogP contribution in [-0.2, 0) is 17.9 Å². The molecule has 0 radical (unpaired) electrons. The number of hydrogen-bond acceptors (Lipinski definition) is 7. The topological polar surface area (TPSA) is 132 Å². The molecule has 0 atom stereocenters. The smallest absolute Gasteiger partial charge is 0.404 e. The lowest BCUT2D eigenvalue weighted by Crippen LogP contribution is -2.20. The summed E-state index contributed by atoms with van der Waals surface area (Å²) in [5.41, 5.74) is 7.29. The summed E-state index contributed by atoms with van der Waals surface area (Å²) >= 11 is 0. The van der Waals surface area contributed by atoms with Gasteiger partial charge in [0.15, 0.2) is 5.65 Å². The van der Waals surface area contributed by atoms with E-state index in [1.165, 1.54) is 12.4 Å². The average molecular weight is 355 g/mol. The summed E-state index contributed by atoms with van der Waals surface area (Å²) in [7, 11) is 0. The van der Waals surface area contributed by atoms with E-state index >= 15 is 0 Å². The van der Waals surface area contributed by atoms with Crippen LogP contribution in [-0.4, -0.2) is 26.0 Å². The first-order chi connectivity index (χ1) is 12.5. The minimum atomic E-state index is -0.849. The van der Waals surface area contributed by atoms with Crippen molar-refractivity contribution in [3.63, 3.8) is 0 Å².